The Morgan fingerprint density at radius 1 is 1.17 bits per heavy atom. The predicted molar refractivity (Wildman–Crippen MR) is 62.5 cm³/mol. The minimum Gasteiger partial charge on any atom is -0.310 e. The summed E-state index contributed by atoms with van der Waals surface area (Å²) in [5.74, 6) is -0.851. The topological polar surface area (TPSA) is 12.0 Å². The van der Waals surface area contributed by atoms with E-state index in [1.165, 1.54) is 6.07 Å². The summed E-state index contributed by atoms with van der Waals surface area (Å²) in [5, 5.41) is 3.11. The van der Waals surface area contributed by atoms with Gasteiger partial charge in [-0.25, -0.2) is 4.39 Å². The molecule has 0 aliphatic rings. The van der Waals surface area contributed by atoms with E-state index in [2.05, 4.69) is 5.32 Å². The molecule has 0 radical (unpaired) electrons. The lowest BCUT2D eigenvalue weighted by molar-refractivity contribution is -0.140. The minimum absolute atomic E-state index is 0.185. The molecule has 0 spiro atoms. The fourth-order valence-corrected chi connectivity index (χ4v) is 1.41. The van der Waals surface area contributed by atoms with E-state index in [1.807, 2.05) is 20.8 Å². The van der Waals surface area contributed by atoms with Crippen LogP contribution in [-0.4, -0.2) is 6.04 Å². The van der Waals surface area contributed by atoms with Crippen LogP contribution in [0.3, 0.4) is 0 Å². The lowest BCUT2D eigenvalue weighted by Gasteiger charge is -2.18. The summed E-state index contributed by atoms with van der Waals surface area (Å²) in [4.78, 5) is 0. The maximum absolute atomic E-state index is 13.1. The van der Waals surface area contributed by atoms with Crippen molar-refractivity contribution >= 4 is 0 Å². The van der Waals surface area contributed by atoms with Gasteiger partial charge in [0.05, 0.1) is 5.56 Å². The van der Waals surface area contributed by atoms with Crippen molar-refractivity contribution in [1.29, 1.82) is 0 Å². The van der Waals surface area contributed by atoms with Crippen LogP contribution >= 0.6 is 0 Å². The molecule has 0 aromatic heterocycles. The molecule has 1 rings (SSSR count). The summed E-state index contributed by atoms with van der Waals surface area (Å²) in [6.07, 6.45) is -4.65. The minimum atomic E-state index is -4.65. The van der Waals surface area contributed by atoms with Crippen molar-refractivity contribution in [2.45, 2.75) is 39.5 Å². The molecule has 0 saturated carbocycles. The van der Waals surface area contributed by atoms with Crippen LogP contribution in [0.15, 0.2) is 18.2 Å². The fourth-order valence-electron chi connectivity index (χ4n) is 1.41. The molecule has 1 aromatic carbocycles. The maximum atomic E-state index is 13.1. The van der Waals surface area contributed by atoms with E-state index in [4.69, 9.17) is 0 Å². The van der Waals surface area contributed by atoms with Gasteiger partial charge in [-0.15, -0.1) is 0 Å². The zero-order valence-electron chi connectivity index (χ0n) is 10.6. The first kappa shape index (κ1) is 15.0. The summed E-state index contributed by atoms with van der Waals surface area (Å²) >= 11 is 0. The Balaban J connectivity index is 2.80. The zero-order chi connectivity index (χ0) is 13.9. The van der Waals surface area contributed by atoms with Gasteiger partial charge in [-0.05, 0) is 30.5 Å². The molecule has 0 fully saturated rings. The normalized spacial score (nSPS) is 14.0. The summed E-state index contributed by atoms with van der Waals surface area (Å²) < 4.78 is 50.5. The largest absolute Gasteiger partial charge is 0.419 e. The van der Waals surface area contributed by atoms with Gasteiger partial charge in [0.1, 0.15) is 5.82 Å². The van der Waals surface area contributed by atoms with Crippen LogP contribution in [0, 0.1) is 11.7 Å². The molecule has 102 valence electrons. The highest BCUT2D eigenvalue weighted by Gasteiger charge is 2.34. The van der Waals surface area contributed by atoms with Crippen LogP contribution in [0.25, 0.3) is 0 Å². The molecule has 1 N–H and O–H groups in total. The molecule has 1 unspecified atom stereocenters. The van der Waals surface area contributed by atoms with Crippen molar-refractivity contribution in [2.75, 3.05) is 0 Å². The second-order valence-corrected chi connectivity index (χ2v) is 4.73. The van der Waals surface area contributed by atoms with Crippen molar-refractivity contribution in [3.05, 3.63) is 35.1 Å². The smallest absolute Gasteiger partial charge is 0.310 e. The number of halogens is 4. The van der Waals surface area contributed by atoms with E-state index in [9.17, 15) is 17.6 Å². The van der Waals surface area contributed by atoms with Crippen LogP contribution in [-0.2, 0) is 12.7 Å². The first-order chi connectivity index (χ1) is 8.21. The van der Waals surface area contributed by atoms with E-state index in [0.29, 0.717) is 18.0 Å². The van der Waals surface area contributed by atoms with Crippen LogP contribution in [0.5, 0.6) is 0 Å². The number of hydrogen-bond acceptors (Lipinski definition) is 1. The molecule has 1 nitrogen and oxygen atoms in total. The molecular weight excluding hydrogens is 246 g/mol. The highest BCUT2D eigenvalue weighted by atomic mass is 19.4. The Kier molecular flexibility index (Phi) is 4.73. The lowest BCUT2D eigenvalue weighted by atomic mass is 10.1. The van der Waals surface area contributed by atoms with Gasteiger partial charge in [-0.2, -0.15) is 13.2 Å². The van der Waals surface area contributed by atoms with Crippen molar-refractivity contribution in [3.8, 4) is 0 Å². The molecule has 0 aliphatic heterocycles. The maximum Gasteiger partial charge on any atom is 0.419 e. The summed E-state index contributed by atoms with van der Waals surface area (Å²) in [7, 11) is 0. The number of rotatable bonds is 4. The third-order valence-electron chi connectivity index (χ3n) is 2.96. The van der Waals surface area contributed by atoms with E-state index in [-0.39, 0.29) is 6.04 Å². The average molecular weight is 263 g/mol. The molecule has 0 aliphatic carbocycles. The molecule has 0 heterocycles. The molecule has 0 amide bonds. The Bertz CT molecular complexity index is 398. The molecular formula is C13H17F4N. The van der Waals surface area contributed by atoms with Gasteiger partial charge in [0.25, 0.3) is 0 Å². The number of benzene rings is 1. The van der Waals surface area contributed by atoms with Gasteiger partial charge in [-0.1, -0.05) is 19.9 Å². The van der Waals surface area contributed by atoms with Gasteiger partial charge in [0, 0.05) is 12.6 Å². The molecule has 0 saturated heterocycles. The first-order valence-corrected chi connectivity index (χ1v) is 5.81. The van der Waals surface area contributed by atoms with Gasteiger partial charge in [-0.3, -0.25) is 0 Å². The van der Waals surface area contributed by atoms with Crippen LogP contribution < -0.4 is 5.32 Å². The fraction of sp³-hybridized carbons (Fsp3) is 0.538. The molecule has 18 heavy (non-hydrogen) atoms. The van der Waals surface area contributed by atoms with Crippen LogP contribution in [0.4, 0.5) is 17.6 Å². The van der Waals surface area contributed by atoms with Crippen LogP contribution in [0.2, 0.25) is 0 Å². The van der Waals surface area contributed by atoms with E-state index >= 15 is 0 Å². The summed E-state index contributed by atoms with van der Waals surface area (Å²) in [6.45, 7) is 6.29. The predicted octanol–water partition coefficient (Wildman–Crippen LogP) is 3.98. The molecule has 0 bridgehead atoms. The molecule has 1 aromatic rings. The Labute approximate surface area is 104 Å². The Morgan fingerprint density at radius 2 is 1.78 bits per heavy atom. The monoisotopic (exact) mass is 263 g/mol. The van der Waals surface area contributed by atoms with E-state index in [1.54, 1.807) is 0 Å². The average Bonchev–Trinajstić information content (AvgIpc) is 2.25. The third-order valence-corrected chi connectivity index (χ3v) is 2.96. The van der Waals surface area contributed by atoms with Gasteiger partial charge < -0.3 is 5.32 Å². The number of alkyl halides is 3. The van der Waals surface area contributed by atoms with E-state index in [0.717, 1.165) is 12.1 Å². The highest BCUT2D eigenvalue weighted by molar-refractivity contribution is 5.27. The second-order valence-electron chi connectivity index (χ2n) is 4.73. The summed E-state index contributed by atoms with van der Waals surface area (Å²) in [6, 6.07) is 3.27. The Morgan fingerprint density at radius 3 is 2.28 bits per heavy atom. The SMILES string of the molecule is CC(C)C(C)NCc1ccc(F)c(C(F)(F)F)c1. The number of nitrogens with one attached hydrogen (secondary N) is 1. The van der Waals surface area contributed by atoms with Crippen molar-refractivity contribution in [3.63, 3.8) is 0 Å². The standard InChI is InChI=1S/C13H17F4N/c1-8(2)9(3)18-7-10-4-5-12(14)11(6-10)13(15,16)17/h4-6,8-9,18H,7H2,1-3H3. The van der Waals surface area contributed by atoms with Crippen molar-refractivity contribution < 1.29 is 17.6 Å². The van der Waals surface area contributed by atoms with Gasteiger partial charge in [0.2, 0.25) is 0 Å². The van der Waals surface area contributed by atoms with Crippen molar-refractivity contribution in [2.24, 2.45) is 5.92 Å². The Hall–Kier alpha value is -1.10. The summed E-state index contributed by atoms with van der Waals surface area (Å²) in [5.41, 5.74) is -0.782. The van der Waals surface area contributed by atoms with Crippen molar-refractivity contribution in [1.82, 2.24) is 5.32 Å². The van der Waals surface area contributed by atoms with E-state index < -0.39 is 17.6 Å². The van der Waals surface area contributed by atoms with Gasteiger partial charge in [0.15, 0.2) is 0 Å². The quantitative estimate of drug-likeness (QED) is 0.810. The molecule has 1 atom stereocenters. The highest BCUT2D eigenvalue weighted by Crippen LogP contribution is 2.31. The second kappa shape index (κ2) is 5.69. The lowest BCUT2D eigenvalue weighted by Crippen LogP contribution is -2.30. The third kappa shape index (κ3) is 3.98. The van der Waals surface area contributed by atoms with Crippen LogP contribution in [0.1, 0.15) is 31.9 Å². The first-order valence-electron chi connectivity index (χ1n) is 5.81. The molecule has 5 heteroatoms. The van der Waals surface area contributed by atoms with Gasteiger partial charge >= 0.3 is 6.18 Å². The zero-order valence-corrected chi connectivity index (χ0v) is 10.6. The number of hydrogen-bond donors (Lipinski definition) is 1.